The summed E-state index contributed by atoms with van der Waals surface area (Å²) in [5.41, 5.74) is 1.14. The van der Waals surface area contributed by atoms with Gasteiger partial charge in [-0.25, -0.2) is 0 Å². The molecule has 2 N–H and O–H groups in total. The Balaban J connectivity index is 1.47. The minimum atomic E-state index is 0.00241. The van der Waals surface area contributed by atoms with Crippen molar-refractivity contribution in [1.29, 1.82) is 0 Å². The Morgan fingerprint density at radius 2 is 2.07 bits per heavy atom. The summed E-state index contributed by atoms with van der Waals surface area (Å²) < 4.78 is 6.03. The van der Waals surface area contributed by atoms with E-state index in [0.717, 1.165) is 28.5 Å². The Labute approximate surface area is 166 Å². The number of nitrogens with zero attached hydrogens (tertiary/aromatic N) is 2. The number of thioether (sulfide) groups is 1. The molecule has 0 bridgehead atoms. The SMILES string of the molecule is CCCC(NC(=O)CSc1nnc(NCc2ccco2)s1)c1ccccc1. The summed E-state index contributed by atoms with van der Waals surface area (Å²) in [6.07, 6.45) is 3.56. The van der Waals surface area contributed by atoms with Gasteiger partial charge in [-0.2, -0.15) is 0 Å². The zero-order chi connectivity index (χ0) is 18.9. The lowest BCUT2D eigenvalue weighted by Gasteiger charge is -2.18. The van der Waals surface area contributed by atoms with Crippen molar-refractivity contribution in [3.8, 4) is 0 Å². The molecule has 8 heteroatoms. The number of rotatable bonds is 10. The molecule has 0 radical (unpaired) electrons. The van der Waals surface area contributed by atoms with Crippen molar-refractivity contribution >= 4 is 34.1 Å². The van der Waals surface area contributed by atoms with E-state index in [1.807, 2.05) is 30.3 Å². The number of furan rings is 1. The Morgan fingerprint density at radius 3 is 2.81 bits per heavy atom. The van der Waals surface area contributed by atoms with Crippen LogP contribution in [0, 0.1) is 0 Å². The van der Waals surface area contributed by atoms with Crippen LogP contribution in [0.2, 0.25) is 0 Å². The third-order valence-corrected chi connectivity index (χ3v) is 5.86. The molecule has 1 unspecified atom stereocenters. The van der Waals surface area contributed by atoms with Gasteiger partial charge in [0.25, 0.3) is 0 Å². The number of aromatic nitrogens is 2. The van der Waals surface area contributed by atoms with Crippen LogP contribution in [0.25, 0.3) is 0 Å². The van der Waals surface area contributed by atoms with E-state index >= 15 is 0 Å². The van der Waals surface area contributed by atoms with Crippen molar-refractivity contribution in [3.05, 3.63) is 60.1 Å². The van der Waals surface area contributed by atoms with E-state index in [0.29, 0.717) is 17.4 Å². The second-order valence-electron chi connectivity index (χ2n) is 5.91. The summed E-state index contributed by atoms with van der Waals surface area (Å²) in [4.78, 5) is 12.4. The van der Waals surface area contributed by atoms with Gasteiger partial charge in [0.05, 0.1) is 24.6 Å². The first-order valence-electron chi connectivity index (χ1n) is 8.81. The third kappa shape index (κ3) is 6.11. The fourth-order valence-electron chi connectivity index (χ4n) is 2.57. The van der Waals surface area contributed by atoms with Gasteiger partial charge in [0.15, 0.2) is 4.34 Å². The molecule has 0 saturated carbocycles. The van der Waals surface area contributed by atoms with E-state index in [2.05, 4.69) is 39.9 Å². The Hall–Kier alpha value is -2.32. The van der Waals surface area contributed by atoms with Gasteiger partial charge in [-0.05, 0) is 24.1 Å². The van der Waals surface area contributed by atoms with Crippen molar-refractivity contribution in [1.82, 2.24) is 15.5 Å². The average molecular weight is 403 g/mol. The first kappa shape index (κ1) is 19.4. The van der Waals surface area contributed by atoms with Gasteiger partial charge in [-0.1, -0.05) is 66.8 Å². The normalized spacial score (nSPS) is 11.9. The molecule has 0 aliphatic carbocycles. The summed E-state index contributed by atoms with van der Waals surface area (Å²) in [5, 5.41) is 15.2. The summed E-state index contributed by atoms with van der Waals surface area (Å²) in [6, 6.07) is 13.9. The largest absolute Gasteiger partial charge is 0.467 e. The summed E-state index contributed by atoms with van der Waals surface area (Å²) in [6.45, 7) is 2.68. The quantitative estimate of drug-likeness (QED) is 0.486. The van der Waals surface area contributed by atoms with Crippen LogP contribution in [0.1, 0.15) is 37.1 Å². The van der Waals surface area contributed by atoms with Gasteiger partial charge in [0, 0.05) is 0 Å². The van der Waals surface area contributed by atoms with Crippen molar-refractivity contribution in [2.24, 2.45) is 0 Å². The highest BCUT2D eigenvalue weighted by Crippen LogP contribution is 2.26. The molecule has 1 amide bonds. The van der Waals surface area contributed by atoms with Gasteiger partial charge < -0.3 is 15.1 Å². The Bertz CT molecular complexity index is 821. The standard InChI is InChI=1S/C19H22N4O2S2/c1-2-7-16(14-8-4-3-5-9-14)21-17(24)13-26-19-23-22-18(27-19)20-12-15-10-6-11-25-15/h3-6,8-11,16H,2,7,12-13H2,1H3,(H,20,22)(H,21,24). The molecule has 0 spiro atoms. The number of benzene rings is 1. The zero-order valence-corrected chi connectivity index (χ0v) is 16.7. The molecule has 0 saturated heterocycles. The maximum atomic E-state index is 12.4. The molecular weight excluding hydrogens is 380 g/mol. The lowest BCUT2D eigenvalue weighted by atomic mass is 10.0. The van der Waals surface area contributed by atoms with Crippen molar-refractivity contribution in [2.45, 2.75) is 36.7 Å². The molecule has 142 valence electrons. The topological polar surface area (TPSA) is 80.0 Å². The lowest BCUT2D eigenvalue weighted by molar-refractivity contribution is -0.119. The fourth-order valence-corrected chi connectivity index (χ4v) is 4.13. The molecule has 0 fully saturated rings. The highest BCUT2D eigenvalue weighted by molar-refractivity contribution is 8.01. The molecular formula is C19H22N4O2S2. The summed E-state index contributed by atoms with van der Waals surface area (Å²) in [5.74, 6) is 1.16. The Morgan fingerprint density at radius 1 is 1.22 bits per heavy atom. The number of hydrogen-bond acceptors (Lipinski definition) is 7. The van der Waals surface area contributed by atoms with Crippen LogP contribution in [0.4, 0.5) is 5.13 Å². The maximum Gasteiger partial charge on any atom is 0.230 e. The number of anilines is 1. The first-order chi connectivity index (χ1) is 13.2. The Kier molecular flexibility index (Phi) is 7.29. The molecule has 2 aromatic heterocycles. The summed E-state index contributed by atoms with van der Waals surface area (Å²) >= 11 is 2.83. The average Bonchev–Trinajstić information content (AvgIpc) is 3.37. The van der Waals surface area contributed by atoms with Crippen molar-refractivity contribution in [2.75, 3.05) is 11.1 Å². The number of nitrogens with one attached hydrogen (secondary N) is 2. The van der Waals surface area contributed by atoms with E-state index in [4.69, 9.17) is 4.42 Å². The van der Waals surface area contributed by atoms with Crippen LogP contribution in [-0.4, -0.2) is 21.9 Å². The monoisotopic (exact) mass is 402 g/mol. The molecule has 1 atom stereocenters. The molecule has 3 aromatic rings. The van der Waals surface area contributed by atoms with E-state index in [1.165, 1.54) is 23.1 Å². The molecule has 3 rings (SSSR count). The van der Waals surface area contributed by atoms with Crippen LogP contribution < -0.4 is 10.6 Å². The molecule has 27 heavy (non-hydrogen) atoms. The second-order valence-corrected chi connectivity index (χ2v) is 8.11. The molecule has 2 heterocycles. The first-order valence-corrected chi connectivity index (χ1v) is 10.6. The second kappa shape index (κ2) is 10.1. The maximum absolute atomic E-state index is 12.4. The number of carbonyl (C=O) groups is 1. The van der Waals surface area contributed by atoms with Crippen LogP contribution >= 0.6 is 23.1 Å². The predicted octanol–water partition coefficient (Wildman–Crippen LogP) is 4.49. The van der Waals surface area contributed by atoms with Gasteiger partial charge in [-0.15, -0.1) is 10.2 Å². The van der Waals surface area contributed by atoms with Crippen LogP contribution in [0.5, 0.6) is 0 Å². The summed E-state index contributed by atoms with van der Waals surface area (Å²) in [7, 11) is 0. The molecule has 0 aliphatic rings. The van der Waals surface area contributed by atoms with Crippen molar-refractivity contribution in [3.63, 3.8) is 0 Å². The third-order valence-electron chi connectivity index (χ3n) is 3.84. The smallest absolute Gasteiger partial charge is 0.230 e. The minimum Gasteiger partial charge on any atom is -0.467 e. The van der Waals surface area contributed by atoms with Gasteiger partial charge in [-0.3, -0.25) is 4.79 Å². The van der Waals surface area contributed by atoms with Gasteiger partial charge >= 0.3 is 0 Å². The number of hydrogen-bond donors (Lipinski definition) is 2. The molecule has 6 nitrogen and oxygen atoms in total. The van der Waals surface area contributed by atoms with E-state index in [1.54, 1.807) is 6.26 Å². The fraction of sp³-hybridized carbons (Fsp3) is 0.316. The van der Waals surface area contributed by atoms with Gasteiger partial charge in [0.2, 0.25) is 11.0 Å². The number of carbonyl (C=O) groups excluding carboxylic acids is 1. The highest BCUT2D eigenvalue weighted by Gasteiger charge is 2.15. The lowest BCUT2D eigenvalue weighted by Crippen LogP contribution is -2.29. The molecule has 0 aliphatic heterocycles. The predicted molar refractivity (Wildman–Crippen MR) is 109 cm³/mol. The zero-order valence-electron chi connectivity index (χ0n) is 15.1. The highest BCUT2D eigenvalue weighted by atomic mass is 32.2. The van der Waals surface area contributed by atoms with Crippen LogP contribution in [0.3, 0.4) is 0 Å². The van der Waals surface area contributed by atoms with E-state index < -0.39 is 0 Å². The van der Waals surface area contributed by atoms with Crippen LogP contribution in [-0.2, 0) is 11.3 Å². The van der Waals surface area contributed by atoms with E-state index in [-0.39, 0.29) is 11.9 Å². The minimum absolute atomic E-state index is 0.00241. The van der Waals surface area contributed by atoms with Crippen LogP contribution in [0.15, 0.2) is 57.5 Å². The molecule has 1 aromatic carbocycles. The van der Waals surface area contributed by atoms with Gasteiger partial charge in [0.1, 0.15) is 5.76 Å². The number of amides is 1. The van der Waals surface area contributed by atoms with Crippen molar-refractivity contribution < 1.29 is 9.21 Å². The van der Waals surface area contributed by atoms with E-state index in [9.17, 15) is 4.79 Å².